The minimum Gasteiger partial charge on any atom is -0.372 e. The number of rotatable bonds is 4. The van der Waals surface area contributed by atoms with Crippen molar-refractivity contribution in [1.82, 2.24) is 19.7 Å². The van der Waals surface area contributed by atoms with Gasteiger partial charge in [-0.3, -0.25) is 19.3 Å². The monoisotopic (exact) mass is 343 g/mol. The first-order valence-corrected chi connectivity index (χ1v) is 8.09. The first-order chi connectivity index (χ1) is 11.9. The molecule has 0 bridgehead atoms. The minimum atomic E-state index is -0.333. The molecule has 25 heavy (non-hydrogen) atoms. The molecule has 1 N–H and O–H groups in total. The lowest BCUT2D eigenvalue weighted by Gasteiger charge is -2.38. The molecule has 3 heterocycles. The molecule has 3 rings (SSSR count). The highest BCUT2D eigenvalue weighted by Gasteiger charge is 2.29. The van der Waals surface area contributed by atoms with Gasteiger partial charge >= 0.3 is 0 Å². The Kier molecular flexibility index (Phi) is 4.80. The lowest BCUT2D eigenvalue weighted by atomic mass is 10.1. The third-order valence-corrected chi connectivity index (χ3v) is 3.86. The Morgan fingerprint density at radius 3 is 2.92 bits per heavy atom. The third-order valence-electron chi connectivity index (χ3n) is 3.86. The Bertz CT molecular complexity index is 757. The van der Waals surface area contributed by atoms with Crippen LogP contribution in [0.2, 0.25) is 0 Å². The highest BCUT2D eigenvalue weighted by molar-refractivity contribution is 6.02. The van der Waals surface area contributed by atoms with E-state index in [0.717, 1.165) is 0 Å². The van der Waals surface area contributed by atoms with Gasteiger partial charge in [-0.15, -0.1) is 0 Å². The molecule has 0 unspecified atom stereocenters. The van der Waals surface area contributed by atoms with Crippen molar-refractivity contribution >= 4 is 17.5 Å². The second kappa shape index (κ2) is 7.02. The largest absolute Gasteiger partial charge is 0.372 e. The summed E-state index contributed by atoms with van der Waals surface area (Å²) in [6.45, 7) is 5.71. The van der Waals surface area contributed by atoms with E-state index in [1.165, 1.54) is 10.9 Å². The number of aromatic nitrogens is 3. The standard InChI is InChI=1S/C17H21N5O3/c1-17(2)12-21(7-8-25-17)15(23)11-22-10-13(9-19-22)20-16(24)14-5-3-4-6-18-14/h3-6,9-10H,7-8,11-12H2,1-2H3,(H,20,24). The van der Waals surface area contributed by atoms with Crippen molar-refractivity contribution in [2.75, 3.05) is 25.0 Å². The molecule has 132 valence electrons. The SMILES string of the molecule is CC1(C)CN(C(=O)Cn2cc(NC(=O)c3ccccn3)cn2)CCO1. The average Bonchev–Trinajstić information content (AvgIpc) is 3.01. The number of pyridine rings is 1. The molecule has 8 heteroatoms. The summed E-state index contributed by atoms with van der Waals surface area (Å²) in [5.41, 5.74) is 0.507. The van der Waals surface area contributed by atoms with E-state index in [1.807, 2.05) is 13.8 Å². The Labute approximate surface area is 145 Å². The number of hydrogen-bond acceptors (Lipinski definition) is 5. The van der Waals surface area contributed by atoms with Crippen molar-refractivity contribution in [3.05, 3.63) is 42.5 Å². The molecule has 8 nitrogen and oxygen atoms in total. The zero-order valence-electron chi connectivity index (χ0n) is 14.3. The van der Waals surface area contributed by atoms with E-state index in [4.69, 9.17) is 4.74 Å². The van der Waals surface area contributed by atoms with Crippen LogP contribution in [-0.4, -0.2) is 56.8 Å². The van der Waals surface area contributed by atoms with E-state index in [2.05, 4.69) is 15.4 Å². The summed E-state index contributed by atoms with van der Waals surface area (Å²) in [6, 6.07) is 5.12. The Balaban J connectivity index is 1.58. The lowest BCUT2D eigenvalue weighted by Crippen LogP contribution is -2.51. The normalized spacial score (nSPS) is 16.5. The van der Waals surface area contributed by atoms with E-state index in [0.29, 0.717) is 31.1 Å². The van der Waals surface area contributed by atoms with Gasteiger partial charge in [-0.1, -0.05) is 6.07 Å². The third kappa shape index (κ3) is 4.42. The van der Waals surface area contributed by atoms with Crippen LogP contribution in [0.15, 0.2) is 36.8 Å². The van der Waals surface area contributed by atoms with Gasteiger partial charge in [0.05, 0.1) is 24.1 Å². The summed E-state index contributed by atoms with van der Waals surface area (Å²) in [5, 5.41) is 6.85. The number of amides is 2. The fraction of sp³-hybridized carbons (Fsp3) is 0.412. The first-order valence-electron chi connectivity index (χ1n) is 8.09. The van der Waals surface area contributed by atoms with Gasteiger partial charge in [0.1, 0.15) is 12.2 Å². The zero-order valence-corrected chi connectivity index (χ0v) is 14.3. The van der Waals surface area contributed by atoms with Gasteiger partial charge in [-0.25, -0.2) is 0 Å². The van der Waals surface area contributed by atoms with Crippen LogP contribution in [0.3, 0.4) is 0 Å². The topological polar surface area (TPSA) is 89.4 Å². The quantitative estimate of drug-likeness (QED) is 0.900. The van der Waals surface area contributed by atoms with Crippen LogP contribution in [0.4, 0.5) is 5.69 Å². The maximum atomic E-state index is 12.4. The predicted molar refractivity (Wildman–Crippen MR) is 91.0 cm³/mol. The van der Waals surface area contributed by atoms with Gasteiger partial charge in [-0.05, 0) is 26.0 Å². The molecule has 0 aromatic carbocycles. The number of nitrogens with zero attached hydrogens (tertiary/aromatic N) is 4. The van der Waals surface area contributed by atoms with Gasteiger partial charge in [0.2, 0.25) is 5.91 Å². The van der Waals surface area contributed by atoms with E-state index < -0.39 is 0 Å². The van der Waals surface area contributed by atoms with Crippen molar-refractivity contribution in [1.29, 1.82) is 0 Å². The molecule has 0 aliphatic carbocycles. The number of nitrogens with one attached hydrogen (secondary N) is 1. The number of carbonyl (C=O) groups excluding carboxylic acids is 2. The van der Waals surface area contributed by atoms with Crippen molar-refractivity contribution in [3.63, 3.8) is 0 Å². The smallest absolute Gasteiger partial charge is 0.274 e. The van der Waals surface area contributed by atoms with E-state index in [9.17, 15) is 9.59 Å². The van der Waals surface area contributed by atoms with Crippen LogP contribution in [-0.2, 0) is 16.1 Å². The van der Waals surface area contributed by atoms with Gasteiger partial charge in [0.15, 0.2) is 0 Å². The fourth-order valence-corrected chi connectivity index (χ4v) is 2.67. The molecular weight excluding hydrogens is 322 g/mol. The summed E-state index contributed by atoms with van der Waals surface area (Å²) in [5.74, 6) is -0.344. The second-order valence-electron chi connectivity index (χ2n) is 6.52. The van der Waals surface area contributed by atoms with Gasteiger partial charge in [-0.2, -0.15) is 5.10 Å². The molecule has 1 aliphatic rings. The van der Waals surface area contributed by atoms with Crippen molar-refractivity contribution in [3.8, 4) is 0 Å². The van der Waals surface area contributed by atoms with Crippen LogP contribution >= 0.6 is 0 Å². The van der Waals surface area contributed by atoms with E-state index in [-0.39, 0.29) is 24.0 Å². The summed E-state index contributed by atoms with van der Waals surface area (Å²) in [4.78, 5) is 30.3. The number of hydrogen-bond donors (Lipinski definition) is 1. The number of morpholine rings is 1. The lowest BCUT2D eigenvalue weighted by molar-refractivity contribution is -0.146. The van der Waals surface area contributed by atoms with Gasteiger partial charge in [0, 0.05) is 25.5 Å². The van der Waals surface area contributed by atoms with Crippen LogP contribution in [0, 0.1) is 0 Å². The summed E-state index contributed by atoms with van der Waals surface area (Å²) in [7, 11) is 0. The molecular formula is C17H21N5O3. The van der Waals surface area contributed by atoms with Crippen molar-refractivity contribution in [2.45, 2.75) is 26.0 Å². The number of carbonyl (C=O) groups is 2. The van der Waals surface area contributed by atoms with E-state index >= 15 is 0 Å². The van der Waals surface area contributed by atoms with Crippen molar-refractivity contribution in [2.24, 2.45) is 0 Å². The Hall–Kier alpha value is -2.74. The molecule has 2 aromatic heterocycles. The molecule has 0 radical (unpaired) electrons. The zero-order chi connectivity index (χ0) is 17.9. The Morgan fingerprint density at radius 2 is 2.20 bits per heavy atom. The first kappa shape index (κ1) is 17.1. The molecule has 0 saturated carbocycles. The average molecular weight is 343 g/mol. The fourth-order valence-electron chi connectivity index (χ4n) is 2.67. The van der Waals surface area contributed by atoms with E-state index in [1.54, 1.807) is 35.5 Å². The van der Waals surface area contributed by atoms with Crippen molar-refractivity contribution < 1.29 is 14.3 Å². The summed E-state index contributed by atoms with van der Waals surface area (Å²) >= 11 is 0. The van der Waals surface area contributed by atoms with Gasteiger partial charge < -0.3 is 15.0 Å². The molecule has 1 aliphatic heterocycles. The highest BCUT2D eigenvalue weighted by atomic mass is 16.5. The molecule has 1 saturated heterocycles. The minimum absolute atomic E-state index is 0.0259. The maximum Gasteiger partial charge on any atom is 0.274 e. The maximum absolute atomic E-state index is 12.4. The predicted octanol–water partition coefficient (Wildman–Crippen LogP) is 1.17. The second-order valence-corrected chi connectivity index (χ2v) is 6.52. The Morgan fingerprint density at radius 1 is 1.36 bits per heavy atom. The van der Waals surface area contributed by atoms with Crippen LogP contribution in [0.25, 0.3) is 0 Å². The summed E-state index contributed by atoms with van der Waals surface area (Å²) < 4.78 is 7.13. The number of anilines is 1. The molecule has 0 atom stereocenters. The number of ether oxygens (including phenoxy) is 1. The molecule has 0 spiro atoms. The highest BCUT2D eigenvalue weighted by Crippen LogP contribution is 2.17. The van der Waals surface area contributed by atoms with Gasteiger partial charge in [0.25, 0.3) is 5.91 Å². The van der Waals surface area contributed by atoms with Crippen LogP contribution < -0.4 is 5.32 Å². The molecule has 2 amide bonds. The molecule has 1 fully saturated rings. The summed E-state index contributed by atoms with van der Waals surface area (Å²) in [6.07, 6.45) is 4.70. The molecule has 2 aromatic rings. The van der Waals surface area contributed by atoms with Crippen LogP contribution in [0.1, 0.15) is 24.3 Å². The van der Waals surface area contributed by atoms with Crippen LogP contribution in [0.5, 0.6) is 0 Å².